The van der Waals surface area contributed by atoms with Crippen LogP contribution in [0.2, 0.25) is 0 Å². The topological polar surface area (TPSA) is 111 Å². The molecule has 1 aliphatic heterocycles. The summed E-state index contributed by atoms with van der Waals surface area (Å²) >= 11 is 0. The Kier molecular flexibility index (Phi) is 3.37. The van der Waals surface area contributed by atoms with Crippen LogP contribution in [0.3, 0.4) is 0 Å². The standard InChI is InChI=1S/C18H19N6O2/c19-16(25)5-10-4-13(10)22-12-6-14-17-15(7-12)26-3-1-2-24(17)18(23-14)11-8-20-21-9-11/h6-10,22H,1-5H2,(H2,19,25)(H,20,21)/t10-/m0/s1. The molecule has 1 aromatic carbocycles. The van der Waals surface area contributed by atoms with E-state index in [-0.39, 0.29) is 11.8 Å². The van der Waals surface area contributed by atoms with E-state index >= 15 is 0 Å². The van der Waals surface area contributed by atoms with Crippen LogP contribution in [0.5, 0.6) is 5.75 Å². The summed E-state index contributed by atoms with van der Waals surface area (Å²) in [6.45, 7) is 1.53. The quantitative estimate of drug-likeness (QED) is 0.651. The van der Waals surface area contributed by atoms with Gasteiger partial charge in [-0.15, -0.1) is 0 Å². The highest BCUT2D eigenvalue weighted by molar-refractivity contribution is 5.89. The molecule has 3 heterocycles. The zero-order valence-corrected chi connectivity index (χ0v) is 14.2. The third-order valence-electron chi connectivity index (χ3n) is 4.90. The first-order valence-corrected chi connectivity index (χ1v) is 8.76. The Morgan fingerprint density at radius 2 is 2.38 bits per heavy atom. The van der Waals surface area contributed by atoms with Crippen LogP contribution in [0.25, 0.3) is 22.4 Å². The van der Waals surface area contributed by atoms with E-state index in [0.717, 1.165) is 59.3 Å². The smallest absolute Gasteiger partial charge is 0.217 e. The molecule has 8 nitrogen and oxygen atoms in total. The van der Waals surface area contributed by atoms with E-state index in [1.165, 1.54) is 0 Å². The molecule has 0 spiro atoms. The number of nitrogens with two attached hydrogens (primary N) is 1. The van der Waals surface area contributed by atoms with Crippen molar-refractivity contribution < 1.29 is 9.53 Å². The monoisotopic (exact) mass is 351 g/mol. The summed E-state index contributed by atoms with van der Waals surface area (Å²) < 4.78 is 8.18. The number of hydrogen-bond donors (Lipinski definition) is 3. The Morgan fingerprint density at radius 1 is 1.46 bits per heavy atom. The molecular formula is C18H19N6O2. The van der Waals surface area contributed by atoms with Gasteiger partial charge in [0.2, 0.25) is 5.91 Å². The van der Waals surface area contributed by atoms with Crippen LogP contribution in [0.15, 0.2) is 24.5 Å². The molecule has 1 saturated carbocycles. The van der Waals surface area contributed by atoms with Crippen molar-refractivity contribution in [1.82, 2.24) is 19.7 Å². The summed E-state index contributed by atoms with van der Waals surface area (Å²) in [5.41, 5.74) is 9.07. The molecule has 0 unspecified atom stereocenters. The minimum absolute atomic E-state index is 0.238. The fraction of sp³-hybridized carbons (Fsp3) is 0.333. The summed E-state index contributed by atoms with van der Waals surface area (Å²) in [7, 11) is 0. The van der Waals surface area contributed by atoms with Gasteiger partial charge in [-0.3, -0.25) is 9.89 Å². The third-order valence-corrected chi connectivity index (χ3v) is 4.90. The van der Waals surface area contributed by atoms with Gasteiger partial charge in [-0.1, -0.05) is 0 Å². The predicted octanol–water partition coefficient (Wildman–Crippen LogP) is 2.05. The van der Waals surface area contributed by atoms with E-state index in [4.69, 9.17) is 15.5 Å². The summed E-state index contributed by atoms with van der Waals surface area (Å²) in [6, 6.07) is 5.18. The van der Waals surface area contributed by atoms with Gasteiger partial charge in [0, 0.05) is 30.9 Å². The number of aryl methyl sites for hydroxylation is 1. The minimum atomic E-state index is -0.263. The van der Waals surface area contributed by atoms with E-state index in [9.17, 15) is 4.79 Å². The summed E-state index contributed by atoms with van der Waals surface area (Å²) in [4.78, 5) is 15.9. The number of carbonyl (C=O) groups is 1. The molecule has 3 aromatic rings. The van der Waals surface area contributed by atoms with Gasteiger partial charge in [0.05, 0.1) is 29.9 Å². The number of hydrogen-bond acceptors (Lipinski definition) is 5. The Morgan fingerprint density at radius 3 is 3.19 bits per heavy atom. The lowest BCUT2D eigenvalue weighted by atomic mass is 10.2. The molecule has 0 saturated heterocycles. The van der Waals surface area contributed by atoms with Gasteiger partial charge in [-0.2, -0.15) is 5.10 Å². The molecule has 0 bridgehead atoms. The minimum Gasteiger partial charge on any atom is -0.491 e. The summed E-state index contributed by atoms with van der Waals surface area (Å²) in [5.74, 6) is 1.70. The maximum Gasteiger partial charge on any atom is 0.217 e. The number of amides is 1. The Hall–Kier alpha value is -3.03. The number of primary amides is 1. The maximum atomic E-state index is 11.1. The number of nitrogens with zero attached hydrogens (tertiary/aromatic N) is 3. The number of benzene rings is 1. The second-order valence-corrected chi connectivity index (χ2v) is 6.84. The summed E-state index contributed by atoms with van der Waals surface area (Å²) in [5, 5.41) is 10.3. The van der Waals surface area contributed by atoms with E-state index in [0.29, 0.717) is 13.0 Å². The van der Waals surface area contributed by atoms with Crippen molar-refractivity contribution in [2.75, 3.05) is 11.9 Å². The first-order chi connectivity index (χ1) is 12.7. The van der Waals surface area contributed by atoms with Crippen LogP contribution in [-0.2, 0) is 11.3 Å². The van der Waals surface area contributed by atoms with Gasteiger partial charge in [0.1, 0.15) is 17.1 Å². The lowest BCUT2D eigenvalue weighted by Gasteiger charge is -2.09. The van der Waals surface area contributed by atoms with Crippen LogP contribution in [0.4, 0.5) is 5.69 Å². The molecule has 1 fully saturated rings. The normalized spacial score (nSPS) is 19.2. The molecule has 1 radical (unpaired) electrons. The molecule has 8 heteroatoms. The van der Waals surface area contributed by atoms with Crippen LogP contribution in [0.1, 0.15) is 19.3 Å². The SMILES string of the molecule is NC(=O)C[C@@H]1C[C]1Nc1cc2c3c(c1)nc(-c1cn[nH]c1)n3CCCO2. The molecule has 2 aromatic heterocycles. The number of nitrogens with one attached hydrogen (secondary N) is 2. The van der Waals surface area contributed by atoms with E-state index < -0.39 is 0 Å². The second kappa shape index (κ2) is 5.76. The van der Waals surface area contributed by atoms with Crippen molar-refractivity contribution in [3.8, 4) is 17.1 Å². The number of rotatable bonds is 5. The highest BCUT2D eigenvalue weighted by atomic mass is 16.5. The van der Waals surface area contributed by atoms with Crippen LogP contribution in [-0.4, -0.2) is 32.3 Å². The molecule has 2 aliphatic rings. The maximum absolute atomic E-state index is 11.1. The van der Waals surface area contributed by atoms with Crippen molar-refractivity contribution in [3.05, 3.63) is 30.6 Å². The highest BCUT2D eigenvalue weighted by Crippen LogP contribution is 2.45. The molecule has 133 valence electrons. The van der Waals surface area contributed by atoms with E-state index in [2.05, 4.69) is 20.1 Å². The van der Waals surface area contributed by atoms with E-state index in [1.807, 2.05) is 18.3 Å². The van der Waals surface area contributed by atoms with Crippen molar-refractivity contribution >= 4 is 22.6 Å². The van der Waals surface area contributed by atoms with Crippen molar-refractivity contribution in [2.24, 2.45) is 11.7 Å². The van der Waals surface area contributed by atoms with Gasteiger partial charge >= 0.3 is 0 Å². The van der Waals surface area contributed by atoms with Gasteiger partial charge < -0.3 is 20.4 Å². The number of anilines is 1. The van der Waals surface area contributed by atoms with Crippen LogP contribution < -0.4 is 15.8 Å². The average Bonchev–Trinajstić information content (AvgIpc) is 3.02. The molecule has 4 N–H and O–H groups in total. The largest absolute Gasteiger partial charge is 0.491 e. The lowest BCUT2D eigenvalue weighted by Crippen LogP contribution is -2.12. The fourth-order valence-electron chi connectivity index (χ4n) is 3.61. The molecule has 5 rings (SSSR count). The number of aromatic nitrogens is 4. The molecule has 1 amide bonds. The van der Waals surface area contributed by atoms with E-state index in [1.54, 1.807) is 6.20 Å². The van der Waals surface area contributed by atoms with Crippen molar-refractivity contribution in [3.63, 3.8) is 0 Å². The zero-order chi connectivity index (χ0) is 17.7. The molecule has 1 aliphatic carbocycles. The third kappa shape index (κ3) is 2.58. The van der Waals surface area contributed by atoms with Gasteiger partial charge in [0.25, 0.3) is 0 Å². The second-order valence-electron chi connectivity index (χ2n) is 6.84. The predicted molar refractivity (Wildman–Crippen MR) is 96.2 cm³/mol. The first kappa shape index (κ1) is 15.2. The molecular weight excluding hydrogens is 332 g/mol. The first-order valence-electron chi connectivity index (χ1n) is 8.76. The number of H-pyrrole nitrogens is 1. The van der Waals surface area contributed by atoms with Crippen molar-refractivity contribution in [2.45, 2.75) is 25.8 Å². The van der Waals surface area contributed by atoms with Crippen LogP contribution in [0, 0.1) is 12.0 Å². The number of imidazole rings is 1. The van der Waals surface area contributed by atoms with Gasteiger partial charge in [-0.05, 0) is 24.8 Å². The van der Waals surface area contributed by atoms with Crippen molar-refractivity contribution in [1.29, 1.82) is 0 Å². The fourth-order valence-corrected chi connectivity index (χ4v) is 3.61. The Bertz CT molecular complexity index is 977. The number of ether oxygens (including phenoxy) is 1. The lowest BCUT2D eigenvalue weighted by molar-refractivity contribution is -0.118. The van der Waals surface area contributed by atoms with Crippen LogP contribution >= 0.6 is 0 Å². The summed E-state index contributed by atoms with van der Waals surface area (Å²) in [6.07, 6.45) is 5.83. The zero-order valence-electron chi connectivity index (χ0n) is 14.2. The molecule has 26 heavy (non-hydrogen) atoms. The highest BCUT2D eigenvalue weighted by Gasteiger charge is 2.39. The average molecular weight is 351 g/mol. The number of carbonyl (C=O) groups excluding carboxylic acids is 1. The Labute approximate surface area is 149 Å². The number of aromatic amines is 1. The molecule has 1 atom stereocenters. The van der Waals surface area contributed by atoms with Gasteiger partial charge in [0.15, 0.2) is 0 Å². The Balaban J connectivity index is 1.52. The van der Waals surface area contributed by atoms with Gasteiger partial charge in [-0.25, -0.2) is 4.98 Å².